The Labute approximate surface area is 132 Å². The van der Waals surface area contributed by atoms with Gasteiger partial charge in [0.15, 0.2) is 0 Å². The third-order valence-electron chi connectivity index (χ3n) is 3.79. The second-order valence-corrected chi connectivity index (χ2v) is 5.55. The van der Waals surface area contributed by atoms with Crippen molar-refractivity contribution in [1.29, 1.82) is 0 Å². The van der Waals surface area contributed by atoms with E-state index >= 15 is 0 Å². The maximum Gasteiger partial charge on any atom is 0.258 e. The van der Waals surface area contributed by atoms with E-state index in [0.29, 0.717) is 11.1 Å². The van der Waals surface area contributed by atoms with Crippen LogP contribution in [0.3, 0.4) is 0 Å². The van der Waals surface area contributed by atoms with E-state index in [0.717, 1.165) is 16.5 Å². The van der Waals surface area contributed by atoms with Gasteiger partial charge in [-0.25, -0.2) is 0 Å². The highest BCUT2D eigenvalue weighted by atomic mass is 35.5. The first kappa shape index (κ1) is 14.5. The number of nitrogens with zero attached hydrogens (tertiary/aromatic N) is 1. The van der Waals surface area contributed by atoms with Crippen LogP contribution in [0.4, 0.5) is 0 Å². The van der Waals surface area contributed by atoms with Crippen molar-refractivity contribution in [2.24, 2.45) is 7.05 Å². The van der Waals surface area contributed by atoms with Crippen molar-refractivity contribution in [3.05, 3.63) is 70.6 Å². The molecular formula is C18H14ClNO2. The van der Waals surface area contributed by atoms with Crippen LogP contribution in [0.5, 0.6) is 0 Å². The minimum atomic E-state index is -0.484. The van der Waals surface area contributed by atoms with Gasteiger partial charge in [0.25, 0.3) is 5.56 Å². The van der Waals surface area contributed by atoms with Crippen molar-refractivity contribution in [2.75, 3.05) is 0 Å². The quantitative estimate of drug-likeness (QED) is 0.694. The number of carbonyl (C=O) groups is 1. The van der Waals surface area contributed by atoms with Gasteiger partial charge in [-0.15, -0.1) is 0 Å². The normalized spacial score (nSPS) is 10.8. The minimum Gasteiger partial charge on any atom is -0.314 e. The summed E-state index contributed by atoms with van der Waals surface area (Å²) in [5.41, 5.74) is 2.35. The van der Waals surface area contributed by atoms with Crippen LogP contribution in [-0.2, 0) is 18.3 Å². The predicted octanol–water partition coefficient (Wildman–Crippen LogP) is 3.51. The maximum atomic E-state index is 12.5. The van der Waals surface area contributed by atoms with Gasteiger partial charge in [0.1, 0.15) is 0 Å². The van der Waals surface area contributed by atoms with Crippen LogP contribution < -0.4 is 5.56 Å². The molecule has 0 fully saturated rings. The lowest BCUT2D eigenvalue weighted by atomic mass is 9.96. The van der Waals surface area contributed by atoms with Gasteiger partial charge >= 0.3 is 0 Å². The second kappa shape index (κ2) is 5.78. The summed E-state index contributed by atoms with van der Waals surface area (Å²) in [6.45, 7) is 0. The van der Waals surface area contributed by atoms with Gasteiger partial charge in [0.05, 0.1) is 6.42 Å². The van der Waals surface area contributed by atoms with Gasteiger partial charge in [0, 0.05) is 23.7 Å². The number of benzene rings is 2. The molecule has 0 spiro atoms. The SMILES string of the molecule is Cn1c(CC(=O)Cl)c(-c2ccccc2)c2ccccc2c1=O. The summed E-state index contributed by atoms with van der Waals surface area (Å²) < 4.78 is 1.52. The molecule has 1 heterocycles. The zero-order valence-electron chi connectivity index (χ0n) is 12.0. The van der Waals surface area contributed by atoms with Gasteiger partial charge in [0.2, 0.25) is 5.24 Å². The first-order valence-electron chi connectivity index (χ1n) is 6.94. The number of fused-ring (bicyclic) bond motifs is 1. The molecular weight excluding hydrogens is 298 g/mol. The molecule has 3 nitrogen and oxygen atoms in total. The molecule has 0 atom stereocenters. The predicted molar refractivity (Wildman–Crippen MR) is 89.2 cm³/mol. The van der Waals surface area contributed by atoms with E-state index in [1.54, 1.807) is 13.1 Å². The van der Waals surface area contributed by atoms with Gasteiger partial charge in [-0.05, 0) is 28.6 Å². The fourth-order valence-corrected chi connectivity index (χ4v) is 2.91. The highest BCUT2D eigenvalue weighted by Gasteiger charge is 2.17. The van der Waals surface area contributed by atoms with Crippen LogP contribution in [0.1, 0.15) is 5.69 Å². The van der Waals surface area contributed by atoms with Crippen LogP contribution >= 0.6 is 11.6 Å². The number of carbonyl (C=O) groups excluding carboxylic acids is 1. The van der Waals surface area contributed by atoms with E-state index in [-0.39, 0.29) is 12.0 Å². The molecule has 0 bridgehead atoms. The minimum absolute atomic E-state index is 0.0162. The van der Waals surface area contributed by atoms with Gasteiger partial charge in [-0.3, -0.25) is 9.59 Å². The molecule has 0 aliphatic carbocycles. The van der Waals surface area contributed by atoms with Crippen molar-refractivity contribution in [2.45, 2.75) is 6.42 Å². The molecule has 0 saturated heterocycles. The van der Waals surface area contributed by atoms with Crippen LogP contribution in [0.15, 0.2) is 59.4 Å². The zero-order valence-corrected chi connectivity index (χ0v) is 12.8. The van der Waals surface area contributed by atoms with Crippen LogP contribution in [0.25, 0.3) is 21.9 Å². The zero-order chi connectivity index (χ0) is 15.7. The lowest BCUT2D eigenvalue weighted by molar-refractivity contribution is -0.111. The van der Waals surface area contributed by atoms with Crippen molar-refractivity contribution in [3.8, 4) is 11.1 Å². The molecule has 3 rings (SSSR count). The molecule has 0 radical (unpaired) electrons. The second-order valence-electron chi connectivity index (χ2n) is 5.13. The van der Waals surface area contributed by atoms with Gasteiger partial charge in [-0.1, -0.05) is 48.5 Å². The molecule has 1 aromatic heterocycles. The topological polar surface area (TPSA) is 39.1 Å². The lowest BCUT2D eigenvalue weighted by Gasteiger charge is -2.16. The number of rotatable bonds is 3. The smallest absolute Gasteiger partial charge is 0.258 e. The van der Waals surface area contributed by atoms with Gasteiger partial charge < -0.3 is 4.57 Å². The molecule has 0 saturated carbocycles. The Morgan fingerprint density at radius 2 is 1.59 bits per heavy atom. The Morgan fingerprint density at radius 3 is 2.23 bits per heavy atom. The highest BCUT2D eigenvalue weighted by Crippen LogP contribution is 2.30. The average molecular weight is 312 g/mol. The number of pyridine rings is 1. The summed E-state index contributed by atoms with van der Waals surface area (Å²) in [6, 6.07) is 17.2. The van der Waals surface area contributed by atoms with Crippen LogP contribution in [0.2, 0.25) is 0 Å². The Bertz CT molecular complexity index is 914. The Hall–Kier alpha value is -2.39. The van der Waals surface area contributed by atoms with E-state index in [2.05, 4.69) is 0 Å². The van der Waals surface area contributed by atoms with E-state index < -0.39 is 5.24 Å². The highest BCUT2D eigenvalue weighted by molar-refractivity contribution is 6.63. The summed E-state index contributed by atoms with van der Waals surface area (Å²) >= 11 is 5.59. The molecule has 0 unspecified atom stereocenters. The summed E-state index contributed by atoms with van der Waals surface area (Å²) in [5, 5.41) is 0.988. The number of aromatic nitrogens is 1. The largest absolute Gasteiger partial charge is 0.314 e. The summed E-state index contributed by atoms with van der Waals surface area (Å²) in [4.78, 5) is 24.0. The molecule has 4 heteroatoms. The molecule has 0 amide bonds. The molecule has 0 aliphatic heterocycles. The fraction of sp³-hybridized carbons (Fsp3) is 0.111. The number of hydrogen-bond donors (Lipinski definition) is 0. The van der Waals surface area contributed by atoms with Crippen LogP contribution in [-0.4, -0.2) is 9.81 Å². The monoisotopic (exact) mass is 311 g/mol. The Balaban J connectivity index is 2.48. The van der Waals surface area contributed by atoms with Crippen LogP contribution in [0, 0.1) is 0 Å². The van der Waals surface area contributed by atoms with E-state index in [1.165, 1.54) is 4.57 Å². The average Bonchev–Trinajstić information content (AvgIpc) is 2.53. The fourth-order valence-electron chi connectivity index (χ4n) is 2.78. The third-order valence-corrected chi connectivity index (χ3v) is 3.93. The Morgan fingerprint density at radius 1 is 1.00 bits per heavy atom. The molecule has 3 aromatic rings. The maximum absolute atomic E-state index is 12.5. The molecule has 0 aliphatic rings. The van der Waals surface area contributed by atoms with Crippen molar-refractivity contribution in [1.82, 2.24) is 4.57 Å². The molecule has 2 aromatic carbocycles. The number of hydrogen-bond acceptors (Lipinski definition) is 2. The first-order chi connectivity index (χ1) is 10.6. The molecule has 0 N–H and O–H groups in total. The standard InChI is InChI=1S/C18H14ClNO2/c1-20-15(11-16(19)21)17(12-7-3-2-4-8-12)13-9-5-6-10-14(13)18(20)22/h2-10H,11H2,1H3. The molecule has 110 valence electrons. The summed E-state index contributed by atoms with van der Waals surface area (Å²) in [7, 11) is 1.68. The molecule has 22 heavy (non-hydrogen) atoms. The third kappa shape index (κ3) is 2.44. The first-order valence-corrected chi connectivity index (χ1v) is 7.31. The van der Waals surface area contributed by atoms with Gasteiger partial charge in [-0.2, -0.15) is 0 Å². The van der Waals surface area contributed by atoms with E-state index in [9.17, 15) is 9.59 Å². The van der Waals surface area contributed by atoms with E-state index in [1.807, 2.05) is 48.5 Å². The number of halogens is 1. The lowest BCUT2D eigenvalue weighted by Crippen LogP contribution is -2.23. The summed E-state index contributed by atoms with van der Waals surface area (Å²) in [5.74, 6) is 0. The van der Waals surface area contributed by atoms with E-state index in [4.69, 9.17) is 11.6 Å². The van der Waals surface area contributed by atoms with Crippen molar-refractivity contribution in [3.63, 3.8) is 0 Å². The Kier molecular flexibility index (Phi) is 3.82. The summed E-state index contributed by atoms with van der Waals surface area (Å²) in [6.07, 6.45) is 0.0162. The van der Waals surface area contributed by atoms with Crippen molar-refractivity contribution < 1.29 is 4.79 Å². The van der Waals surface area contributed by atoms with Crippen molar-refractivity contribution >= 4 is 27.6 Å².